The summed E-state index contributed by atoms with van der Waals surface area (Å²) in [4.78, 5) is 39.1. The molecule has 0 spiro atoms. The molecule has 2 aromatic rings. The lowest BCUT2D eigenvalue weighted by atomic mass is 9.88. The SMILES string of the molecule is CCCC(=O)Nc1ccccc1C1CCN(C(=C=O)CCN(C(C)=O)c2ccc(F)cc2F)CC1. The molecule has 1 saturated heterocycles. The summed E-state index contributed by atoms with van der Waals surface area (Å²) in [5, 5.41) is 3.01. The molecular weight excluding hydrogens is 452 g/mol. The number of anilines is 2. The molecule has 35 heavy (non-hydrogen) atoms. The van der Waals surface area contributed by atoms with Crippen LogP contribution in [0.4, 0.5) is 20.2 Å². The molecule has 1 aliphatic heterocycles. The second-order valence-corrected chi connectivity index (χ2v) is 8.71. The first-order chi connectivity index (χ1) is 16.8. The molecule has 1 aliphatic rings. The van der Waals surface area contributed by atoms with Crippen molar-refractivity contribution in [3.63, 3.8) is 0 Å². The van der Waals surface area contributed by atoms with Crippen LogP contribution < -0.4 is 10.2 Å². The molecule has 0 aliphatic carbocycles. The molecule has 1 fully saturated rings. The van der Waals surface area contributed by atoms with E-state index in [9.17, 15) is 23.2 Å². The number of likely N-dealkylation sites (tertiary alicyclic amines) is 1. The summed E-state index contributed by atoms with van der Waals surface area (Å²) in [7, 11) is 0. The molecule has 0 unspecified atom stereocenters. The Kier molecular flexibility index (Phi) is 9.15. The van der Waals surface area contributed by atoms with E-state index in [1.807, 2.05) is 42.0 Å². The highest BCUT2D eigenvalue weighted by atomic mass is 19.1. The molecule has 0 saturated carbocycles. The minimum atomic E-state index is -0.831. The van der Waals surface area contributed by atoms with Gasteiger partial charge in [0.25, 0.3) is 0 Å². The van der Waals surface area contributed by atoms with Gasteiger partial charge in [-0.3, -0.25) is 9.59 Å². The van der Waals surface area contributed by atoms with Crippen LogP contribution in [0.3, 0.4) is 0 Å². The molecule has 2 amide bonds. The molecule has 2 aromatic carbocycles. The highest BCUT2D eigenvalue weighted by Crippen LogP contribution is 2.34. The number of rotatable bonds is 9. The Balaban J connectivity index is 1.63. The van der Waals surface area contributed by atoms with Crippen LogP contribution in [0.5, 0.6) is 0 Å². The third-order valence-electron chi connectivity index (χ3n) is 6.30. The van der Waals surface area contributed by atoms with Gasteiger partial charge in [-0.15, -0.1) is 0 Å². The zero-order chi connectivity index (χ0) is 25.4. The number of para-hydroxylation sites is 1. The van der Waals surface area contributed by atoms with Crippen molar-refractivity contribution in [3.05, 3.63) is 65.4 Å². The Labute approximate surface area is 204 Å². The quantitative estimate of drug-likeness (QED) is 0.508. The van der Waals surface area contributed by atoms with Gasteiger partial charge < -0.3 is 15.1 Å². The Hall–Kier alpha value is -3.51. The van der Waals surface area contributed by atoms with Crippen molar-refractivity contribution in [2.24, 2.45) is 0 Å². The number of nitrogens with zero attached hydrogens (tertiary/aromatic N) is 2. The van der Waals surface area contributed by atoms with E-state index in [-0.39, 0.29) is 30.5 Å². The Morgan fingerprint density at radius 1 is 1.11 bits per heavy atom. The molecule has 0 aromatic heterocycles. The maximum absolute atomic E-state index is 14.2. The largest absolute Gasteiger partial charge is 0.366 e. The predicted octanol–water partition coefficient (Wildman–Crippen LogP) is 5.04. The summed E-state index contributed by atoms with van der Waals surface area (Å²) >= 11 is 0. The zero-order valence-electron chi connectivity index (χ0n) is 20.2. The molecule has 1 N–H and O–H groups in total. The van der Waals surface area contributed by atoms with Gasteiger partial charge in [0.15, 0.2) is 0 Å². The van der Waals surface area contributed by atoms with E-state index >= 15 is 0 Å². The van der Waals surface area contributed by atoms with Gasteiger partial charge >= 0.3 is 0 Å². The summed E-state index contributed by atoms with van der Waals surface area (Å²) in [6.45, 7) is 4.59. The first-order valence-corrected chi connectivity index (χ1v) is 11.9. The lowest BCUT2D eigenvalue weighted by molar-refractivity contribution is -0.117. The highest BCUT2D eigenvalue weighted by molar-refractivity contribution is 5.92. The van der Waals surface area contributed by atoms with Crippen molar-refractivity contribution in [3.8, 4) is 0 Å². The van der Waals surface area contributed by atoms with Crippen LogP contribution in [-0.4, -0.2) is 42.3 Å². The van der Waals surface area contributed by atoms with Crippen LogP contribution >= 0.6 is 0 Å². The van der Waals surface area contributed by atoms with Crippen molar-refractivity contribution >= 4 is 29.1 Å². The van der Waals surface area contributed by atoms with E-state index in [0.717, 1.165) is 42.6 Å². The first kappa shape index (κ1) is 26.1. The molecule has 6 nitrogen and oxygen atoms in total. The topological polar surface area (TPSA) is 69.7 Å². The van der Waals surface area contributed by atoms with Crippen LogP contribution in [0.25, 0.3) is 0 Å². The molecule has 186 valence electrons. The molecule has 0 bridgehead atoms. The molecule has 0 atom stereocenters. The van der Waals surface area contributed by atoms with E-state index in [4.69, 9.17) is 0 Å². The first-order valence-electron chi connectivity index (χ1n) is 11.9. The van der Waals surface area contributed by atoms with Gasteiger partial charge in [0.05, 0.1) is 5.69 Å². The highest BCUT2D eigenvalue weighted by Gasteiger charge is 2.25. The zero-order valence-corrected chi connectivity index (χ0v) is 20.2. The summed E-state index contributed by atoms with van der Waals surface area (Å²) in [5.74, 6) is 0.266. The van der Waals surface area contributed by atoms with E-state index in [1.54, 1.807) is 0 Å². The summed E-state index contributed by atoms with van der Waals surface area (Å²) < 4.78 is 27.5. The van der Waals surface area contributed by atoms with Crippen molar-refractivity contribution < 1.29 is 23.2 Å². The van der Waals surface area contributed by atoms with Gasteiger partial charge in [0.2, 0.25) is 11.8 Å². The van der Waals surface area contributed by atoms with Gasteiger partial charge in [-0.2, -0.15) is 0 Å². The summed E-state index contributed by atoms with van der Waals surface area (Å²) in [6, 6.07) is 10.8. The smallest absolute Gasteiger partial charge is 0.224 e. The van der Waals surface area contributed by atoms with Crippen molar-refractivity contribution in [2.75, 3.05) is 29.9 Å². The number of piperidine rings is 1. The summed E-state index contributed by atoms with van der Waals surface area (Å²) in [6.07, 6.45) is 3.03. The van der Waals surface area contributed by atoms with Crippen molar-refractivity contribution in [1.29, 1.82) is 0 Å². The average Bonchev–Trinajstić information content (AvgIpc) is 2.83. The number of halogens is 2. The Morgan fingerprint density at radius 3 is 2.46 bits per heavy atom. The lowest BCUT2D eigenvalue weighted by Crippen LogP contribution is -2.36. The average molecular weight is 484 g/mol. The number of carbonyl (C=O) groups is 2. The van der Waals surface area contributed by atoms with Gasteiger partial charge in [0, 0.05) is 51.2 Å². The van der Waals surface area contributed by atoms with E-state index in [0.29, 0.717) is 25.2 Å². The van der Waals surface area contributed by atoms with E-state index in [2.05, 4.69) is 5.32 Å². The number of benzene rings is 2. The maximum Gasteiger partial charge on any atom is 0.224 e. The minimum Gasteiger partial charge on any atom is -0.366 e. The number of hydrogen-bond acceptors (Lipinski definition) is 4. The van der Waals surface area contributed by atoms with Gasteiger partial charge in [-0.1, -0.05) is 25.1 Å². The van der Waals surface area contributed by atoms with Crippen molar-refractivity contribution in [2.45, 2.75) is 51.9 Å². The second kappa shape index (κ2) is 12.3. The fraction of sp³-hybridized carbons (Fsp3) is 0.407. The molecule has 3 rings (SSSR count). The van der Waals surface area contributed by atoms with Crippen LogP contribution in [0.15, 0.2) is 48.2 Å². The molecule has 0 radical (unpaired) electrons. The third-order valence-corrected chi connectivity index (χ3v) is 6.30. The minimum absolute atomic E-state index is 0.00354. The van der Waals surface area contributed by atoms with Crippen LogP contribution in [0.1, 0.15) is 57.4 Å². The normalized spacial score (nSPS) is 13.8. The molecule has 8 heteroatoms. The molecule has 1 heterocycles. The van der Waals surface area contributed by atoms with Gasteiger partial charge in [0.1, 0.15) is 23.3 Å². The number of amides is 2. The lowest BCUT2D eigenvalue weighted by Gasteiger charge is -2.35. The fourth-order valence-corrected chi connectivity index (χ4v) is 4.51. The fourth-order valence-electron chi connectivity index (χ4n) is 4.51. The number of carbonyl (C=O) groups excluding carboxylic acids is 3. The Morgan fingerprint density at radius 2 is 1.83 bits per heavy atom. The number of nitrogens with one attached hydrogen (secondary N) is 1. The monoisotopic (exact) mass is 483 g/mol. The van der Waals surface area contributed by atoms with Crippen LogP contribution in [-0.2, 0) is 14.4 Å². The van der Waals surface area contributed by atoms with Crippen molar-refractivity contribution in [1.82, 2.24) is 4.90 Å². The standard InChI is InChI=1S/C27H31F2N3O3/c1-3-6-27(35)30-25-8-5-4-7-23(25)20-11-14-31(15-12-20)22(18-33)13-16-32(19(2)34)26-10-9-21(28)17-24(26)29/h4-5,7-10,17,20H,3,6,11-16H2,1-2H3,(H,30,35). The third kappa shape index (κ3) is 6.76. The van der Waals surface area contributed by atoms with Crippen LogP contribution in [0, 0.1) is 11.6 Å². The second-order valence-electron chi connectivity index (χ2n) is 8.71. The predicted molar refractivity (Wildman–Crippen MR) is 132 cm³/mol. The van der Waals surface area contributed by atoms with E-state index < -0.39 is 17.5 Å². The molecular formula is C27H31F2N3O3. The van der Waals surface area contributed by atoms with Gasteiger partial charge in [-0.05, 0) is 48.9 Å². The summed E-state index contributed by atoms with van der Waals surface area (Å²) in [5.41, 5.74) is 2.31. The van der Waals surface area contributed by atoms with Crippen LogP contribution in [0.2, 0.25) is 0 Å². The number of hydrogen-bond donors (Lipinski definition) is 1. The Bertz CT molecular complexity index is 1110. The van der Waals surface area contributed by atoms with E-state index in [1.165, 1.54) is 17.9 Å². The van der Waals surface area contributed by atoms with Gasteiger partial charge in [-0.25, -0.2) is 13.6 Å². The maximum atomic E-state index is 14.2.